The molecule has 4 rings (SSSR count). The Morgan fingerprint density at radius 3 is 2.68 bits per heavy atom. The summed E-state index contributed by atoms with van der Waals surface area (Å²) in [5.41, 5.74) is 1.20. The first-order chi connectivity index (χ1) is 13.5. The molecule has 1 aliphatic carbocycles. The highest BCUT2D eigenvalue weighted by Crippen LogP contribution is 2.40. The molecule has 1 aromatic carbocycles. The van der Waals surface area contributed by atoms with E-state index in [1.165, 1.54) is 7.11 Å². The third-order valence-electron chi connectivity index (χ3n) is 5.68. The predicted molar refractivity (Wildman–Crippen MR) is 103 cm³/mol. The lowest BCUT2D eigenvalue weighted by molar-refractivity contribution is -0.155. The van der Waals surface area contributed by atoms with Crippen molar-refractivity contribution in [3.05, 3.63) is 47.8 Å². The predicted octanol–water partition coefficient (Wildman–Crippen LogP) is 2.70. The molecular formula is C21H25N3O4. The second-order valence-corrected chi connectivity index (χ2v) is 7.82. The number of carbonyl (C=O) groups excluding carboxylic acids is 1. The maximum atomic E-state index is 13.4. The Hall–Kier alpha value is -2.67. The second-order valence-electron chi connectivity index (χ2n) is 7.82. The van der Waals surface area contributed by atoms with Crippen molar-refractivity contribution < 1.29 is 19.4 Å². The zero-order chi connectivity index (χ0) is 19.7. The molecule has 7 heteroatoms. The van der Waals surface area contributed by atoms with Crippen LogP contribution in [0.4, 0.5) is 0 Å². The third-order valence-corrected chi connectivity index (χ3v) is 5.68. The number of nitrogens with zero attached hydrogens (tertiary/aromatic N) is 3. The fraction of sp³-hybridized carbons (Fsp3) is 0.476. The van der Waals surface area contributed by atoms with Crippen molar-refractivity contribution in [3.8, 4) is 5.69 Å². The van der Waals surface area contributed by atoms with Crippen molar-refractivity contribution in [2.45, 2.75) is 31.6 Å². The number of aromatic nitrogens is 2. The summed E-state index contributed by atoms with van der Waals surface area (Å²) >= 11 is 0. The number of benzene rings is 1. The normalized spacial score (nSPS) is 22.2. The minimum Gasteiger partial charge on any atom is -0.481 e. The molecule has 2 aliphatic rings. The van der Waals surface area contributed by atoms with Crippen LogP contribution in [-0.4, -0.2) is 58.5 Å². The number of likely N-dealkylation sites (tertiary alicyclic amines) is 1. The van der Waals surface area contributed by atoms with Crippen LogP contribution in [0.5, 0.6) is 0 Å². The van der Waals surface area contributed by atoms with E-state index in [4.69, 9.17) is 9.84 Å². The van der Waals surface area contributed by atoms with Crippen molar-refractivity contribution >= 4 is 11.9 Å². The van der Waals surface area contributed by atoms with Crippen LogP contribution in [0, 0.1) is 5.41 Å². The van der Waals surface area contributed by atoms with Gasteiger partial charge >= 0.3 is 5.97 Å². The van der Waals surface area contributed by atoms with Crippen LogP contribution in [0.15, 0.2) is 36.4 Å². The molecule has 1 unspecified atom stereocenters. The summed E-state index contributed by atoms with van der Waals surface area (Å²) < 4.78 is 6.88. The molecular weight excluding hydrogens is 358 g/mol. The summed E-state index contributed by atoms with van der Waals surface area (Å²) in [5, 5.41) is 14.5. The van der Waals surface area contributed by atoms with E-state index in [2.05, 4.69) is 0 Å². The van der Waals surface area contributed by atoms with E-state index in [9.17, 15) is 14.7 Å². The van der Waals surface area contributed by atoms with E-state index in [-0.39, 0.29) is 19.1 Å². The van der Waals surface area contributed by atoms with Gasteiger partial charge in [-0.15, -0.1) is 0 Å². The van der Waals surface area contributed by atoms with Crippen molar-refractivity contribution in [2.75, 3.05) is 26.8 Å². The molecule has 28 heavy (non-hydrogen) atoms. The highest BCUT2D eigenvalue weighted by molar-refractivity contribution is 5.94. The molecule has 0 bridgehead atoms. The molecule has 1 atom stereocenters. The Morgan fingerprint density at radius 2 is 2.04 bits per heavy atom. The summed E-state index contributed by atoms with van der Waals surface area (Å²) in [7, 11) is 1.50. The quantitative estimate of drug-likeness (QED) is 0.829. The number of hydrogen-bond donors (Lipinski definition) is 1. The molecule has 2 heterocycles. The van der Waals surface area contributed by atoms with Crippen LogP contribution in [0.3, 0.4) is 0 Å². The molecule has 0 spiro atoms. The summed E-state index contributed by atoms with van der Waals surface area (Å²) in [6, 6.07) is 11.5. The molecule has 1 saturated heterocycles. The van der Waals surface area contributed by atoms with Crippen LogP contribution >= 0.6 is 0 Å². The molecule has 148 valence electrons. The Morgan fingerprint density at radius 1 is 1.29 bits per heavy atom. The smallest absolute Gasteiger partial charge is 0.313 e. The standard InChI is InChI=1S/C21H25N3O4/c1-28-14-21(20(26)27)10-5-11-23(13-21)19(25)18-12-17(15-8-9-15)22-24(18)16-6-3-2-4-7-16/h2-4,6-7,12,15H,5,8-11,13-14H2,1H3,(H,26,27). The number of aliphatic carboxylic acids is 1. The number of ether oxygens (including phenoxy) is 1. The summed E-state index contributed by atoms with van der Waals surface area (Å²) in [5.74, 6) is -0.670. The number of rotatable bonds is 6. The topological polar surface area (TPSA) is 84.7 Å². The molecule has 7 nitrogen and oxygen atoms in total. The van der Waals surface area contributed by atoms with Gasteiger partial charge in [0.15, 0.2) is 0 Å². The number of para-hydroxylation sites is 1. The van der Waals surface area contributed by atoms with E-state index in [1.807, 2.05) is 36.4 Å². The SMILES string of the molecule is COCC1(C(=O)O)CCCN(C(=O)c2cc(C3CC3)nn2-c2ccccc2)C1. The van der Waals surface area contributed by atoms with Crippen molar-refractivity contribution in [1.29, 1.82) is 0 Å². The lowest BCUT2D eigenvalue weighted by atomic mass is 9.80. The van der Waals surface area contributed by atoms with Crippen LogP contribution in [0.1, 0.15) is 47.8 Å². The fourth-order valence-corrected chi connectivity index (χ4v) is 3.99. The molecule has 2 fully saturated rings. The van der Waals surface area contributed by atoms with E-state index >= 15 is 0 Å². The van der Waals surface area contributed by atoms with Crippen LogP contribution < -0.4 is 0 Å². The molecule has 1 N–H and O–H groups in total. The van der Waals surface area contributed by atoms with Crippen molar-refractivity contribution in [1.82, 2.24) is 14.7 Å². The summed E-state index contributed by atoms with van der Waals surface area (Å²) in [4.78, 5) is 27.0. The number of carbonyl (C=O) groups is 2. The van der Waals surface area contributed by atoms with Gasteiger partial charge in [-0.3, -0.25) is 9.59 Å². The van der Waals surface area contributed by atoms with Crippen LogP contribution in [0.25, 0.3) is 5.69 Å². The van der Waals surface area contributed by atoms with E-state index in [1.54, 1.807) is 9.58 Å². The van der Waals surface area contributed by atoms with Crippen molar-refractivity contribution in [2.24, 2.45) is 5.41 Å². The zero-order valence-electron chi connectivity index (χ0n) is 16.0. The molecule has 2 aromatic rings. The maximum Gasteiger partial charge on any atom is 0.313 e. The number of methoxy groups -OCH3 is 1. The number of carboxylic acids is 1. The van der Waals surface area contributed by atoms with Gasteiger partial charge in [0.2, 0.25) is 0 Å². The first kappa shape index (κ1) is 18.7. The van der Waals surface area contributed by atoms with E-state index < -0.39 is 11.4 Å². The number of amides is 1. The van der Waals surface area contributed by atoms with E-state index in [0.29, 0.717) is 31.0 Å². The van der Waals surface area contributed by atoms with Crippen LogP contribution in [0.2, 0.25) is 0 Å². The second kappa shape index (κ2) is 7.39. The maximum absolute atomic E-state index is 13.4. The fourth-order valence-electron chi connectivity index (χ4n) is 3.99. The molecule has 1 amide bonds. The van der Waals surface area contributed by atoms with Gasteiger partial charge in [-0.25, -0.2) is 4.68 Å². The lowest BCUT2D eigenvalue weighted by Crippen LogP contribution is -2.52. The largest absolute Gasteiger partial charge is 0.481 e. The highest BCUT2D eigenvalue weighted by atomic mass is 16.5. The number of hydrogen-bond acceptors (Lipinski definition) is 4. The molecule has 1 aromatic heterocycles. The van der Waals surface area contributed by atoms with Gasteiger partial charge in [0.1, 0.15) is 11.1 Å². The lowest BCUT2D eigenvalue weighted by Gasteiger charge is -2.39. The van der Waals surface area contributed by atoms with Crippen LogP contribution in [-0.2, 0) is 9.53 Å². The Balaban J connectivity index is 1.67. The van der Waals surface area contributed by atoms with Gasteiger partial charge in [0, 0.05) is 26.1 Å². The van der Waals surface area contributed by atoms with E-state index in [0.717, 1.165) is 24.2 Å². The highest BCUT2D eigenvalue weighted by Gasteiger charge is 2.44. The van der Waals surface area contributed by atoms with Gasteiger partial charge in [0.05, 0.1) is 18.0 Å². The number of piperidine rings is 1. The Bertz CT molecular complexity index is 871. The average molecular weight is 383 g/mol. The van der Waals surface area contributed by atoms with Gasteiger partial charge in [-0.05, 0) is 43.9 Å². The van der Waals surface area contributed by atoms with Gasteiger partial charge in [-0.1, -0.05) is 18.2 Å². The average Bonchev–Trinajstić information content (AvgIpc) is 3.47. The third kappa shape index (κ3) is 3.42. The first-order valence-corrected chi connectivity index (χ1v) is 9.71. The van der Waals surface area contributed by atoms with Gasteiger partial charge < -0.3 is 14.7 Å². The first-order valence-electron chi connectivity index (χ1n) is 9.71. The zero-order valence-corrected chi connectivity index (χ0v) is 16.0. The summed E-state index contributed by atoms with van der Waals surface area (Å²) in [6.07, 6.45) is 3.33. The monoisotopic (exact) mass is 383 g/mol. The Labute approximate surface area is 163 Å². The minimum atomic E-state index is -1.06. The molecule has 0 radical (unpaired) electrons. The summed E-state index contributed by atoms with van der Waals surface area (Å²) in [6.45, 7) is 0.779. The molecule has 1 aliphatic heterocycles. The minimum absolute atomic E-state index is 0.0946. The van der Waals surface area contributed by atoms with Crippen molar-refractivity contribution in [3.63, 3.8) is 0 Å². The Kier molecular flexibility index (Phi) is 4.93. The van der Waals surface area contributed by atoms with Gasteiger partial charge in [0.25, 0.3) is 5.91 Å². The van der Waals surface area contributed by atoms with Gasteiger partial charge in [-0.2, -0.15) is 5.10 Å². The number of carboxylic acid groups (broad SMARTS) is 1. The molecule has 1 saturated carbocycles.